The summed E-state index contributed by atoms with van der Waals surface area (Å²) >= 11 is 0. The first-order chi connectivity index (χ1) is 11.6. The van der Waals surface area contributed by atoms with E-state index in [1.165, 1.54) is 11.9 Å². The zero-order valence-electron chi connectivity index (χ0n) is 15.6. The highest BCUT2D eigenvalue weighted by Crippen LogP contribution is 2.31. The van der Waals surface area contributed by atoms with Gasteiger partial charge in [0, 0.05) is 25.5 Å². The largest absolute Gasteiger partial charge is 0.415 e. The molecule has 0 aliphatic carbocycles. The topological polar surface area (TPSA) is 15.3 Å². The number of benzene rings is 1. The van der Waals surface area contributed by atoms with E-state index < -0.39 is 11.7 Å². The van der Waals surface area contributed by atoms with E-state index in [1.807, 2.05) is 45.0 Å². The molecule has 0 saturated heterocycles. The lowest BCUT2D eigenvalue weighted by Crippen LogP contribution is -2.26. The van der Waals surface area contributed by atoms with Crippen molar-refractivity contribution in [3.05, 3.63) is 65.0 Å². The molecular weight excluding hydrogens is 325 g/mol. The van der Waals surface area contributed by atoms with Gasteiger partial charge in [0.1, 0.15) is 0 Å². The second-order valence-electron chi connectivity index (χ2n) is 6.12. The fraction of sp³-hybridized carbons (Fsp3) is 0.400. The summed E-state index contributed by atoms with van der Waals surface area (Å²) in [5, 5.41) is 2.58. The molecule has 1 N–H and O–H groups in total. The van der Waals surface area contributed by atoms with Crippen molar-refractivity contribution in [3.63, 3.8) is 0 Å². The highest BCUT2D eigenvalue weighted by Gasteiger charge is 2.33. The molecule has 138 valence electrons. The van der Waals surface area contributed by atoms with Crippen LogP contribution >= 0.6 is 0 Å². The van der Waals surface area contributed by atoms with E-state index in [-0.39, 0.29) is 6.54 Å². The Hall–Kier alpha value is -2.01. The summed E-state index contributed by atoms with van der Waals surface area (Å²) < 4.78 is 39.6. The van der Waals surface area contributed by atoms with Gasteiger partial charge in [0.05, 0.1) is 5.57 Å². The third-order valence-corrected chi connectivity index (χ3v) is 4.05. The first-order valence-electron chi connectivity index (χ1n) is 8.23. The smallest absolute Gasteiger partial charge is 0.350 e. The molecule has 1 rings (SSSR count). The molecule has 2 nitrogen and oxygen atoms in total. The number of likely N-dealkylation sites (N-methyl/N-ethyl adjacent to an activating group) is 2. The number of hydrogen-bond donors (Lipinski definition) is 1. The monoisotopic (exact) mass is 352 g/mol. The Kier molecular flexibility index (Phi) is 7.49. The third kappa shape index (κ3) is 5.78. The van der Waals surface area contributed by atoms with Gasteiger partial charge in [0.25, 0.3) is 0 Å². The molecule has 0 heterocycles. The normalized spacial score (nSPS) is 13.5. The average Bonchev–Trinajstić information content (AvgIpc) is 2.54. The highest BCUT2D eigenvalue weighted by molar-refractivity contribution is 5.77. The lowest BCUT2D eigenvalue weighted by Gasteiger charge is -2.25. The Morgan fingerprint density at radius 2 is 1.80 bits per heavy atom. The molecule has 5 heteroatoms. The van der Waals surface area contributed by atoms with Gasteiger partial charge in [-0.25, -0.2) is 0 Å². The first-order valence-corrected chi connectivity index (χ1v) is 8.23. The fourth-order valence-electron chi connectivity index (χ4n) is 2.54. The van der Waals surface area contributed by atoms with Crippen LogP contribution in [-0.4, -0.2) is 31.7 Å². The second-order valence-corrected chi connectivity index (χ2v) is 6.12. The second kappa shape index (κ2) is 8.90. The Bertz CT molecular complexity index is 653. The number of alkyl halides is 3. The molecular formula is C20H27F3N2. The van der Waals surface area contributed by atoms with Crippen LogP contribution in [0.2, 0.25) is 0 Å². The summed E-state index contributed by atoms with van der Waals surface area (Å²) in [5.74, 6) is 0. The van der Waals surface area contributed by atoms with E-state index in [4.69, 9.17) is 0 Å². The maximum absolute atomic E-state index is 13.2. The number of allylic oxidation sites excluding steroid dienone is 2. The quantitative estimate of drug-likeness (QED) is 0.671. The molecule has 0 atom stereocenters. The molecule has 0 spiro atoms. The van der Waals surface area contributed by atoms with Gasteiger partial charge < -0.3 is 10.2 Å². The van der Waals surface area contributed by atoms with Crippen molar-refractivity contribution < 1.29 is 13.2 Å². The van der Waals surface area contributed by atoms with Crippen molar-refractivity contribution in [3.8, 4) is 0 Å². The van der Waals surface area contributed by atoms with Crippen LogP contribution < -0.4 is 5.32 Å². The lowest BCUT2D eigenvalue weighted by molar-refractivity contribution is -0.0936. The SMILES string of the molecule is C=C(/C(=C(/C)CC)N(C)/C=C(\CNC)C(F)(F)F)c1ccc(C)cc1. The zero-order chi connectivity index (χ0) is 19.2. The Balaban J connectivity index is 3.31. The van der Waals surface area contributed by atoms with Crippen LogP contribution in [0.4, 0.5) is 13.2 Å². The van der Waals surface area contributed by atoms with Gasteiger partial charge in [0.2, 0.25) is 0 Å². The molecule has 0 amide bonds. The minimum atomic E-state index is -4.38. The number of hydrogen-bond acceptors (Lipinski definition) is 2. The van der Waals surface area contributed by atoms with Gasteiger partial charge in [0.15, 0.2) is 0 Å². The first kappa shape index (κ1) is 21.0. The van der Waals surface area contributed by atoms with Crippen molar-refractivity contribution in [2.24, 2.45) is 0 Å². The minimum absolute atomic E-state index is 0.247. The van der Waals surface area contributed by atoms with Crippen LogP contribution in [0, 0.1) is 6.92 Å². The summed E-state index contributed by atoms with van der Waals surface area (Å²) in [6, 6.07) is 7.82. The molecule has 0 unspecified atom stereocenters. The molecule has 0 fully saturated rings. The predicted octanol–water partition coefficient (Wildman–Crippen LogP) is 5.29. The Morgan fingerprint density at radius 3 is 2.24 bits per heavy atom. The van der Waals surface area contributed by atoms with Gasteiger partial charge in [-0.1, -0.05) is 43.3 Å². The Labute approximate surface area is 148 Å². The average molecular weight is 352 g/mol. The number of nitrogens with zero attached hydrogens (tertiary/aromatic N) is 1. The number of rotatable bonds is 7. The molecule has 0 aromatic heterocycles. The molecule has 25 heavy (non-hydrogen) atoms. The van der Waals surface area contributed by atoms with Crippen molar-refractivity contribution in [1.29, 1.82) is 0 Å². The maximum Gasteiger partial charge on any atom is 0.415 e. The fourth-order valence-corrected chi connectivity index (χ4v) is 2.54. The van der Waals surface area contributed by atoms with E-state index in [2.05, 4.69) is 11.9 Å². The highest BCUT2D eigenvalue weighted by atomic mass is 19.4. The molecule has 0 saturated carbocycles. The van der Waals surface area contributed by atoms with E-state index in [1.54, 1.807) is 7.05 Å². The van der Waals surface area contributed by atoms with E-state index in [9.17, 15) is 13.2 Å². The standard InChI is InChI=1S/C20H27F3N2/c1-7-15(3)19(16(4)17-10-8-14(2)9-11-17)25(6)13-18(12-24-5)20(21,22)23/h8-11,13,24H,4,7,12H2,1-3,5-6H3/b18-13+,19-15+. The van der Waals surface area contributed by atoms with E-state index >= 15 is 0 Å². The summed E-state index contributed by atoms with van der Waals surface area (Å²) in [6.45, 7) is 9.78. The number of halogens is 3. The van der Waals surface area contributed by atoms with Gasteiger partial charge in [-0.05, 0) is 44.0 Å². The summed E-state index contributed by atoms with van der Waals surface area (Å²) in [4.78, 5) is 1.53. The number of aryl methyl sites for hydroxylation is 1. The van der Waals surface area contributed by atoms with Crippen molar-refractivity contribution >= 4 is 5.57 Å². The Morgan fingerprint density at radius 1 is 1.24 bits per heavy atom. The molecule has 0 aliphatic rings. The minimum Gasteiger partial charge on any atom is -0.350 e. The maximum atomic E-state index is 13.2. The van der Waals surface area contributed by atoms with Crippen LogP contribution in [0.5, 0.6) is 0 Å². The van der Waals surface area contributed by atoms with Crippen LogP contribution in [-0.2, 0) is 0 Å². The van der Waals surface area contributed by atoms with Crippen LogP contribution in [0.3, 0.4) is 0 Å². The van der Waals surface area contributed by atoms with Crippen LogP contribution in [0.1, 0.15) is 31.4 Å². The lowest BCUT2D eigenvalue weighted by atomic mass is 9.98. The zero-order valence-corrected chi connectivity index (χ0v) is 15.6. The van der Waals surface area contributed by atoms with Crippen molar-refractivity contribution in [2.45, 2.75) is 33.4 Å². The molecule has 1 aromatic rings. The summed E-state index contributed by atoms with van der Waals surface area (Å²) in [7, 11) is 3.13. The summed E-state index contributed by atoms with van der Waals surface area (Å²) in [6.07, 6.45) is -2.51. The number of nitrogens with one attached hydrogen (secondary N) is 1. The van der Waals surface area contributed by atoms with Gasteiger partial charge in [-0.2, -0.15) is 13.2 Å². The van der Waals surface area contributed by atoms with Gasteiger partial charge in [-0.3, -0.25) is 0 Å². The van der Waals surface area contributed by atoms with E-state index in [0.717, 1.165) is 29.3 Å². The van der Waals surface area contributed by atoms with Crippen LogP contribution in [0.25, 0.3) is 5.57 Å². The van der Waals surface area contributed by atoms with Gasteiger partial charge in [-0.15, -0.1) is 0 Å². The molecule has 0 bridgehead atoms. The van der Waals surface area contributed by atoms with Gasteiger partial charge >= 0.3 is 6.18 Å². The summed E-state index contributed by atoms with van der Waals surface area (Å²) in [5.41, 5.74) is 3.80. The van der Waals surface area contributed by atoms with Crippen LogP contribution in [0.15, 0.2) is 53.9 Å². The molecule has 0 aliphatic heterocycles. The van der Waals surface area contributed by atoms with E-state index in [0.29, 0.717) is 11.3 Å². The predicted molar refractivity (Wildman–Crippen MR) is 99.0 cm³/mol. The third-order valence-electron chi connectivity index (χ3n) is 4.05. The van der Waals surface area contributed by atoms with Crippen molar-refractivity contribution in [1.82, 2.24) is 10.2 Å². The molecule has 1 aromatic carbocycles. The van der Waals surface area contributed by atoms with Crippen molar-refractivity contribution in [2.75, 3.05) is 20.6 Å². The molecule has 0 radical (unpaired) electrons.